The van der Waals surface area contributed by atoms with Crippen LogP contribution in [0.5, 0.6) is 17.2 Å². The molecule has 1 aliphatic heterocycles. The molecule has 3 aromatic rings. The predicted octanol–water partition coefficient (Wildman–Crippen LogP) is 5.15. The normalized spacial score (nSPS) is 16.8. The lowest BCUT2D eigenvalue weighted by Gasteiger charge is -2.35. The van der Waals surface area contributed by atoms with Crippen molar-refractivity contribution in [2.45, 2.75) is 37.8 Å². The van der Waals surface area contributed by atoms with Gasteiger partial charge in [0.25, 0.3) is 0 Å². The van der Waals surface area contributed by atoms with Gasteiger partial charge in [-0.2, -0.15) is 0 Å². The number of methoxy groups -OCH3 is 3. The Labute approximate surface area is 211 Å². The largest absolute Gasteiger partial charge is 0.497 e. The molecular formula is C29H31NO6. The first-order valence-corrected chi connectivity index (χ1v) is 11.7. The molecule has 0 radical (unpaired) electrons. The van der Waals surface area contributed by atoms with Crippen molar-refractivity contribution in [1.82, 2.24) is 5.32 Å². The van der Waals surface area contributed by atoms with Crippen molar-refractivity contribution in [3.8, 4) is 17.2 Å². The van der Waals surface area contributed by atoms with Crippen molar-refractivity contribution in [3.05, 3.63) is 89.0 Å². The van der Waals surface area contributed by atoms with Crippen LogP contribution in [0.2, 0.25) is 0 Å². The first-order chi connectivity index (χ1) is 17.3. The minimum absolute atomic E-state index is 0.108. The molecule has 0 unspecified atom stereocenters. The van der Waals surface area contributed by atoms with Crippen molar-refractivity contribution in [3.63, 3.8) is 0 Å². The molecule has 1 amide bonds. The Morgan fingerprint density at radius 3 is 2.28 bits per heavy atom. The molecule has 4 rings (SSSR count). The van der Waals surface area contributed by atoms with E-state index in [4.69, 9.17) is 18.9 Å². The van der Waals surface area contributed by atoms with Gasteiger partial charge < -0.3 is 24.3 Å². The summed E-state index contributed by atoms with van der Waals surface area (Å²) >= 11 is 0. The van der Waals surface area contributed by atoms with Gasteiger partial charge in [0.15, 0.2) is 0 Å². The average Bonchev–Trinajstić information content (AvgIpc) is 2.92. The molecule has 0 bridgehead atoms. The molecule has 188 valence electrons. The van der Waals surface area contributed by atoms with E-state index in [2.05, 4.69) is 5.32 Å². The summed E-state index contributed by atoms with van der Waals surface area (Å²) in [4.78, 5) is 25.7. The molecule has 0 saturated carbocycles. The van der Waals surface area contributed by atoms with E-state index >= 15 is 0 Å². The van der Waals surface area contributed by atoms with Gasteiger partial charge in [0.2, 0.25) is 5.91 Å². The summed E-state index contributed by atoms with van der Waals surface area (Å²) in [6.45, 7) is 3.80. The van der Waals surface area contributed by atoms with Crippen LogP contribution in [0.25, 0.3) is 0 Å². The Kier molecular flexibility index (Phi) is 7.20. The highest BCUT2D eigenvalue weighted by atomic mass is 16.5. The standard InChI is InChI=1S/C29H31NO6/c1-29(2,20-9-11-21(33-3)12-10-20)28(32)30-24-17-25(18-7-6-8-19(15-18)27(31)35-5)36-26-16-22(34-4)13-14-23(24)26/h6-16,24-25H,17H2,1-5H3,(H,30,32)/t24-,25+/m0/s1. The topological polar surface area (TPSA) is 83.1 Å². The van der Waals surface area contributed by atoms with E-state index in [1.165, 1.54) is 7.11 Å². The summed E-state index contributed by atoms with van der Waals surface area (Å²) in [6.07, 6.45) is 0.109. The van der Waals surface area contributed by atoms with Crippen molar-refractivity contribution in [2.75, 3.05) is 21.3 Å². The molecule has 0 aliphatic carbocycles. The number of hydrogen-bond donors (Lipinski definition) is 1. The third kappa shape index (κ3) is 5.00. The van der Waals surface area contributed by atoms with Gasteiger partial charge in [-0.05, 0) is 61.4 Å². The Morgan fingerprint density at radius 2 is 1.61 bits per heavy atom. The molecule has 7 heteroatoms. The van der Waals surface area contributed by atoms with E-state index in [0.29, 0.717) is 23.5 Å². The van der Waals surface area contributed by atoms with Crippen LogP contribution >= 0.6 is 0 Å². The van der Waals surface area contributed by atoms with Gasteiger partial charge in [0.1, 0.15) is 23.4 Å². The molecule has 0 saturated heterocycles. The molecule has 0 spiro atoms. The van der Waals surface area contributed by atoms with E-state index in [0.717, 1.165) is 22.4 Å². The summed E-state index contributed by atoms with van der Waals surface area (Å²) in [5, 5.41) is 3.25. The molecule has 7 nitrogen and oxygen atoms in total. The highest BCUT2D eigenvalue weighted by Crippen LogP contribution is 2.43. The van der Waals surface area contributed by atoms with E-state index in [-0.39, 0.29) is 18.1 Å². The van der Waals surface area contributed by atoms with E-state index in [9.17, 15) is 9.59 Å². The number of hydrogen-bond acceptors (Lipinski definition) is 6. The van der Waals surface area contributed by atoms with Crippen LogP contribution in [-0.2, 0) is 14.9 Å². The molecule has 2 atom stereocenters. The molecule has 3 aromatic carbocycles. The quantitative estimate of drug-likeness (QED) is 0.462. The third-order valence-electron chi connectivity index (χ3n) is 6.68. The number of carbonyl (C=O) groups is 2. The van der Waals surface area contributed by atoms with Crippen LogP contribution < -0.4 is 19.5 Å². The van der Waals surface area contributed by atoms with Crippen molar-refractivity contribution in [2.24, 2.45) is 0 Å². The van der Waals surface area contributed by atoms with Crippen LogP contribution in [0, 0.1) is 0 Å². The number of carbonyl (C=O) groups excluding carboxylic acids is 2. The van der Waals surface area contributed by atoms with Crippen LogP contribution in [0.3, 0.4) is 0 Å². The van der Waals surface area contributed by atoms with Gasteiger partial charge in [0.05, 0.1) is 38.3 Å². The SMILES string of the molecule is COC(=O)c1cccc([C@H]2C[C@H](NC(=O)C(C)(C)c3ccc(OC)cc3)c3ccc(OC)cc3O2)c1. The first kappa shape index (κ1) is 25.1. The first-order valence-electron chi connectivity index (χ1n) is 11.7. The van der Waals surface area contributed by atoms with E-state index in [1.54, 1.807) is 32.4 Å². The van der Waals surface area contributed by atoms with Gasteiger partial charge in [-0.3, -0.25) is 4.79 Å². The zero-order valence-electron chi connectivity index (χ0n) is 21.2. The Bertz CT molecular complexity index is 1250. The van der Waals surface area contributed by atoms with Gasteiger partial charge >= 0.3 is 5.97 Å². The third-order valence-corrected chi connectivity index (χ3v) is 6.68. The summed E-state index contributed by atoms with van der Waals surface area (Å²) in [5.41, 5.74) is 2.23. The summed E-state index contributed by atoms with van der Waals surface area (Å²) in [7, 11) is 4.56. The molecule has 0 aromatic heterocycles. The second-order valence-electron chi connectivity index (χ2n) is 9.24. The maximum absolute atomic E-state index is 13.6. The number of amides is 1. The van der Waals surface area contributed by atoms with Gasteiger partial charge in [-0.15, -0.1) is 0 Å². The minimum Gasteiger partial charge on any atom is -0.497 e. The average molecular weight is 490 g/mol. The molecule has 0 fully saturated rings. The van der Waals surface area contributed by atoms with Crippen molar-refractivity contribution in [1.29, 1.82) is 0 Å². The van der Waals surface area contributed by atoms with Gasteiger partial charge in [0, 0.05) is 18.1 Å². The summed E-state index contributed by atoms with van der Waals surface area (Å²) in [6, 6.07) is 20.0. The summed E-state index contributed by atoms with van der Waals surface area (Å²) in [5.74, 6) is 1.49. The van der Waals surface area contributed by atoms with E-state index < -0.39 is 11.4 Å². The minimum atomic E-state index is -0.780. The van der Waals surface area contributed by atoms with Crippen LogP contribution in [0.15, 0.2) is 66.7 Å². The summed E-state index contributed by atoms with van der Waals surface area (Å²) < 4.78 is 21.9. The van der Waals surface area contributed by atoms with E-state index in [1.807, 2.05) is 62.4 Å². The lowest BCUT2D eigenvalue weighted by Crippen LogP contribution is -2.43. The fraction of sp³-hybridized carbons (Fsp3) is 0.310. The smallest absolute Gasteiger partial charge is 0.337 e. The number of ether oxygens (including phenoxy) is 4. The maximum atomic E-state index is 13.6. The Morgan fingerprint density at radius 1 is 0.917 bits per heavy atom. The monoisotopic (exact) mass is 489 g/mol. The van der Waals surface area contributed by atoms with Gasteiger partial charge in [-0.25, -0.2) is 4.79 Å². The Hall–Kier alpha value is -4.00. The second kappa shape index (κ2) is 10.3. The lowest BCUT2D eigenvalue weighted by molar-refractivity contribution is -0.126. The zero-order valence-corrected chi connectivity index (χ0v) is 21.2. The number of benzene rings is 3. The van der Waals surface area contributed by atoms with Crippen molar-refractivity contribution < 1.29 is 28.5 Å². The molecular weight excluding hydrogens is 458 g/mol. The molecule has 1 heterocycles. The maximum Gasteiger partial charge on any atom is 0.337 e. The van der Waals surface area contributed by atoms with Crippen molar-refractivity contribution >= 4 is 11.9 Å². The fourth-order valence-electron chi connectivity index (χ4n) is 4.38. The number of rotatable bonds is 7. The predicted molar refractivity (Wildman–Crippen MR) is 136 cm³/mol. The fourth-order valence-corrected chi connectivity index (χ4v) is 4.38. The number of fused-ring (bicyclic) bond motifs is 1. The van der Waals surface area contributed by atoms with Gasteiger partial charge in [-0.1, -0.05) is 24.3 Å². The highest BCUT2D eigenvalue weighted by molar-refractivity contribution is 5.89. The lowest BCUT2D eigenvalue weighted by atomic mass is 9.82. The van der Waals surface area contributed by atoms with Crippen LogP contribution in [-0.4, -0.2) is 33.2 Å². The van der Waals surface area contributed by atoms with Crippen LogP contribution in [0.1, 0.15) is 59.5 Å². The number of esters is 1. The second-order valence-corrected chi connectivity index (χ2v) is 9.24. The molecule has 1 aliphatic rings. The molecule has 1 N–H and O–H groups in total. The highest BCUT2D eigenvalue weighted by Gasteiger charge is 2.36. The Balaban J connectivity index is 1.65. The molecule has 36 heavy (non-hydrogen) atoms. The zero-order chi connectivity index (χ0) is 25.9. The van der Waals surface area contributed by atoms with Crippen LogP contribution in [0.4, 0.5) is 0 Å². The number of nitrogens with one attached hydrogen (secondary N) is 1.